The highest BCUT2D eigenvalue weighted by Gasteiger charge is 2.21. The van der Waals surface area contributed by atoms with Gasteiger partial charge in [-0.05, 0) is 37.5 Å². The largest absolute Gasteiger partial charge is 0.382 e. The molecule has 0 spiro atoms. The molecule has 0 unspecified atom stereocenters. The lowest BCUT2D eigenvalue weighted by Gasteiger charge is -2.32. The topological polar surface area (TPSA) is 58.4 Å². The predicted octanol–water partition coefficient (Wildman–Crippen LogP) is 2.20. The molecule has 0 aliphatic carbocycles. The van der Waals surface area contributed by atoms with Gasteiger partial charge in [0.2, 0.25) is 5.91 Å². The average molecular weight is 320 g/mol. The van der Waals surface area contributed by atoms with Crippen LogP contribution in [0, 0.1) is 6.92 Å². The molecule has 0 aromatic heterocycles. The number of rotatable bonds is 3. The number of hydrogen-bond donors (Lipinski definition) is 2. The van der Waals surface area contributed by atoms with Crippen LogP contribution >= 0.6 is 24.8 Å². The Morgan fingerprint density at radius 2 is 2.00 bits per heavy atom. The lowest BCUT2D eigenvalue weighted by molar-refractivity contribution is -0.130. The Bertz CT molecular complexity index is 421. The highest BCUT2D eigenvalue weighted by Crippen LogP contribution is 2.17. The van der Waals surface area contributed by atoms with Crippen molar-refractivity contribution in [1.29, 1.82) is 0 Å². The second kappa shape index (κ2) is 9.06. The van der Waals surface area contributed by atoms with E-state index in [0.717, 1.165) is 25.9 Å². The SMILES string of the molecule is Cc1cccc(NC2CCN(C(=O)CN)CC2)c1.Cl.Cl. The molecule has 2 rings (SSSR count). The second-order valence-corrected chi connectivity index (χ2v) is 4.87. The summed E-state index contributed by atoms with van der Waals surface area (Å²) < 4.78 is 0. The molecular weight excluding hydrogens is 297 g/mol. The van der Waals surface area contributed by atoms with Crippen LogP contribution in [0.2, 0.25) is 0 Å². The summed E-state index contributed by atoms with van der Waals surface area (Å²) >= 11 is 0. The van der Waals surface area contributed by atoms with Crippen molar-refractivity contribution < 1.29 is 4.79 Å². The first-order valence-corrected chi connectivity index (χ1v) is 6.50. The third kappa shape index (κ3) is 5.19. The molecule has 114 valence electrons. The number of halogens is 2. The summed E-state index contributed by atoms with van der Waals surface area (Å²) in [6, 6.07) is 8.84. The highest BCUT2D eigenvalue weighted by atomic mass is 35.5. The average Bonchev–Trinajstić information content (AvgIpc) is 2.39. The van der Waals surface area contributed by atoms with Gasteiger partial charge in [-0.15, -0.1) is 24.8 Å². The van der Waals surface area contributed by atoms with Crippen LogP contribution in [0.5, 0.6) is 0 Å². The Kier molecular flexibility index (Phi) is 8.62. The Hall–Kier alpha value is -0.970. The monoisotopic (exact) mass is 319 g/mol. The summed E-state index contributed by atoms with van der Waals surface area (Å²) in [4.78, 5) is 13.3. The van der Waals surface area contributed by atoms with Gasteiger partial charge in [0.1, 0.15) is 0 Å². The van der Waals surface area contributed by atoms with Gasteiger partial charge < -0.3 is 16.0 Å². The van der Waals surface area contributed by atoms with Crippen LogP contribution in [-0.4, -0.2) is 36.5 Å². The van der Waals surface area contributed by atoms with Crippen LogP contribution in [0.3, 0.4) is 0 Å². The number of anilines is 1. The van der Waals surface area contributed by atoms with Gasteiger partial charge in [0.25, 0.3) is 0 Å². The van der Waals surface area contributed by atoms with Gasteiger partial charge in [0, 0.05) is 24.8 Å². The summed E-state index contributed by atoms with van der Waals surface area (Å²) in [5.74, 6) is 0.0593. The molecule has 1 aliphatic rings. The molecule has 1 aromatic rings. The maximum atomic E-state index is 11.5. The Balaban J connectivity index is 0.00000180. The first-order chi connectivity index (χ1) is 8.69. The van der Waals surface area contributed by atoms with Crippen molar-refractivity contribution >= 4 is 36.4 Å². The number of likely N-dealkylation sites (tertiary alicyclic amines) is 1. The van der Waals surface area contributed by atoms with E-state index in [1.807, 2.05) is 4.90 Å². The fourth-order valence-corrected chi connectivity index (χ4v) is 2.37. The number of piperidine rings is 1. The van der Waals surface area contributed by atoms with E-state index in [1.54, 1.807) is 0 Å². The van der Waals surface area contributed by atoms with Crippen LogP contribution in [0.25, 0.3) is 0 Å². The van der Waals surface area contributed by atoms with Crippen LogP contribution in [0.15, 0.2) is 24.3 Å². The minimum atomic E-state index is 0. The predicted molar refractivity (Wildman–Crippen MR) is 88.0 cm³/mol. The van der Waals surface area contributed by atoms with E-state index in [9.17, 15) is 4.79 Å². The number of carbonyl (C=O) groups is 1. The summed E-state index contributed by atoms with van der Waals surface area (Å²) in [5, 5.41) is 3.53. The van der Waals surface area contributed by atoms with E-state index >= 15 is 0 Å². The van der Waals surface area contributed by atoms with E-state index in [0.29, 0.717) is 6.04 Å². The summed E-state index contributed by atoms with van der Waals surface area (Å²) in [6.45, 7) is 3.82. The number of aryl methyl sites for hydroxylation is 1. The van der Waals surface area contributed by atoms with Gasteiger partial charge in [-0.1, -0.05) is 12.1 Å². The van der Waals surface area contributed by atoms with Crippen molar-refractivity contribution in [3.8, 4) is 0 Å². The number of nitrogens with zero attached hydrogens (tertiary/aromatic N) is 1. The van der Waals surface area contributed by atoms with E-state index in [-0.39, 0.29) is 37.3 Å². The number of nitrogens with one attached hydrogen (secondary N) is 1. The first-order valence-electron chi connectivity index (χ1n) is 6.50. The molecule has 6 heteroatoms. The Morgan fingerprint density at radius 3 is 2.55 bits per heavy atom. The molecule has 4 nitrogen and oxygen atoms in total. The van der Waals surface area contributed by atoms with E-state index < -0.39 is 0 Å². The number of hydrogen-bond acceptors (Lipinski definition) is 3. The molecule has 0 saturated carbocycles. The molecule has 1 amide bonds. The fraction of sp³-hybridized carbons (Fsp3) is 0.500. The zero-order valence-electron chi connectivity index (χ0n) is 11.7. The molecule has 1 aliphatic heterocycles. The highest BCUT2D eigenvalue weighted by molar-refractivity contribution is 5.85. The fourth-order valence-electron chi connectivity index (χ4n) is 2.37. The molecule has 0 atom stereocenters. The van der Waals surface area contributed by atoms with Gasteiger partial charge in [-0.25, -0.2) is 0 Å². The standard InChI is InChI=1S/C14H21N3O.2ClH/c1-11-3-2-4-13(9-11)16-12-5-7-17(8-6-12)14(18)10-15;;/h2-4,9,12,16H,5-8,10,15H2,1H3;2*1H. The van der Waals surface area contributed by atoms with E-state index in [4.69, 9.17) is 5.73 Å². The van der Waals surface area contributed by atoms with E-state index in [2.05, 4.69) is 36.5 Å². The lowest BCUT2D eigenvalue weighted by Crippen LogP contribution is -2.44. The van der Waals surface area contributed by atoms with E-state index in [1.165, 1.54) is 11.3 Å². The Morgan fingerprint density at radius 1 is 1.35 bits per heavy atom. The number of nitrogens with two attached hydrogens (primary N) is 1. The maximum absolute atomic E-state index is 11.5. The van der Waals surface area contributed by atoms with Crippen LogP contribution in [-0.2, 0) is 4.79 Å². The summed E-state index contributed by atoms with van der Waals surface area (Å²) in [6.07, 6.45) is 1.97. The summed E-state index contributed by atoms with van der Waals surface area (Å²) in [5.41, 5.74) is 7.80. The lowest BCUT2D eigenvalue weighted by atomic mass is 10.0. The van der Waals surface area contributed by atoms with Crippen LogP contribution < -0.4 is 11.1 Å². The molecule has 1 aromatic carbocycles. The molecule has 1 heterocycles. The molecule has 1 saturated heterocycles. The molecule has 20 heavy (non-hydrogen) atoms. The number of carbonyl (C=O) groups excluding carboxylic acids is 1. The molecule has 1 fully saturated rings. The minimum Gasteiger partial charge on any atom is -0.382 e. The van der Waals surface area contributed by atoms with Crippen molar-refractivity contribution in [1.82, 2.24) is 4.90 Å². The van der Waals surface area contributed by atoms with Gasteiger partial charge in [-0.2, -0.15) is 0 Å². The van der Waals surface area contributed by atoms with Crippen LogP contribution in [0.4, 0.5) is 5.69 Å². The molecule has 0 bridgehead atoms. The third-order valence-electron chi connectivity index (χ3n) is 3.41. The summed E-state index contributed by atoms with van der Waals surface area (Å²) in [7, 11) is 0. The van der Waals surface area contributed by atoms with Crippen LogP contribution in [0.1, 0.15) is 18.4 Å². The smallest absolute Gasteiger partial charge is 0.236 e. The minimum absolute atomic E-state index is 0. The van der Waals surface area contributed by atoms with Crippen molar-refractivity contribution in [3.05, 3.63) is 29.8 Å². The Labute approximate surface area is 132 Å². The molecule has 0 radical (unpaired) electrons. The van der Waals surface area contributed by atoms with Gasteiger partial charge in [-0.3, -0.25) is 4.79 Å². The van der Waals surface area contributed by atoms with Crippen molar-refractivity contribution in [3.63, 3.8) is 0 Å². The van der Waals surface area contributed by atoms with Crippen molar-refractivity contribution in [2.45, 2.75) is 25.8 Å². The molecular formula is C14H23Cl2N3O. The van der Waals surface area contributed by atoms with Crippen molar-refractivity contribution in [2.75, 3.05) is 25.0 Å². The zero-order valence-corrected chi connectivity index (χ0v) is 13.3. The van der Waals surface area contributed by atoms with Gasteiger partial charge >= 0.3 is 0 Å². The second-order valence-electron chi connectivity index (χ2n) is 4.87. The quantitative estimate of drug-likeness (QED) is 0.898. The normalized spacial score (nSPS) is 15.0. The van der Waals surface area contributed by atoms with Crippen molar-refractivity contribution in [2.24, 2.45) is 5.73 Å². The van der Waals surface area contributed by atoms with Gasteiger partial charge in [0.05, 0.1) is 6.54 Å². The maximum Gasteiger partial charge on any atom is 0.236 e. The first kappa shape index (κ1) is 19.0. The zero-order chi connectivity index (χ0) is 13.0. The number of amides is 1. The van der Waals surface area contributed by atoms with Gasteiger partial charge in [0.15, 0.2) is 0 Å². The molecule has 3 N–H and O–H groups in total. The third-order valence-corrected chi connectivity index (χ3v) is 3.41. The number of benzene rings is 1.